The van der Waals surface area contributed by atoms with E-state index in [1.807, 2.05) is 0 Å². The predicted octanol–water partition coefficient (Wildman–Crippen LogP) is 13.9. The molecule has 8 aromatic carbocycles. The minimum atomic E-state index is -0.218. The largest absolute Gasteiger partial charge is 0.310 e. The van der Waals surface area contributed by atoms with E-state index in [0.29, 0.717) is 0 Å². The first-order chi connectivity index (χ1) is 26.1. The average Bonchev–Trinajstić information content (AvgIpc) is 3.55. The van der Waals surface area contributed by atoms with E-state index in [1.165, 1.54) is 88.8 Å². The Morgan fingerprint density at radius 3 is 1.49 bits per heavy atom. The van der Waals surface area contributed by atoms with Crippen molar-refractivity contribution >= 4 is 38.9 Å². The monoisotopic (exact) mass is 676 g/mol. The molecule has 250 valence electrons. The zero-order valence-electron chi connectivity index (χ0n) is 29.7. The maximum absolute atomic E-state index is 2.51. The number of hydrogen-bond acceptors (Lipinski definition) is 1. The molecule has 2 nitrogen and oxygen atoms in total. The third-order valence-electron chi connectivity index (χ3n) is 11.7. The zero-order chi connectivity index (χ0) is 35.3. The van der Waals surface area contributed by atoms with Gasteiger partial charge in [-0.05, 0) is 110 Å². The average molecular weight is 677 g/mol. The highest BCUT2D eigenvalue weighted by atomic mass is 15.2. The number of rotatable bonds is 2. The van der Waals surface area contributed by atoms with Gasteiger partial charge in [-0.15, -0.1) is 0 Å². The van der Waals surface area contributed by atoms with Gasteiger partial charge in [0.1, 0.15) is 0 Å². The number of hydrogen-bond donors (Lipinski definition) is 0. The van der Waals surface area contributed by atoms with Crippen LogP contribution < -0.4 is 4.90 Å². The molecule has 0 amide bonds. The zero-order valence-corrected chi connectivity index (χ0v) is 29.7. The summed E-state index contributed by atoms with van der Waals surface area (Å²) in [6.45, 7) is 4.77. The van der Waals surface area contributed by atoms with Crippen LogP contribution in [0.2, 0.25) is 0 Å². The molecule has 0 N–H and O–H groups in total. The fraction of sp³-hybridized carbons (Fsp3) is 0.0588. The maximum Gasteiger partial charge on any atom is 0.0541 e. The molecule has 0 saturated carbocycles. The molecule has 0 saturated heterocycles. The Hall–Kier alpha value is -6.64. The van der Waals surface area contributed by atoms with E-state index >= 15 is 0 Å². The summed E-state index contributed by atoms with van der Waals surface area (Å²) in [5.74, 6) is 0. The van der Waals surface area contributed by atoms with Crippen LogP contribution in [-0.2, 0) is 5.41 Å². The fourth-order valence-electron chi connectivity index (χ4n) is 9.28. The van der Waals surface area contributed by atoms with Crippen LogP contribution in [0.4, 0.5) is 17.1 Å². The summed E-state index contributed by atoms with van der Waals surface area (Å²) in [4.78, 5) is 2.47. The summed E-state index contributed by atoms with van der Waals surface area (Å²) in [6.07, 6.45) is 0. The SMILES string of the molecule is CC1(C)c2ccccc2N(c2ccccc2)c2cc3c(cc21)-c1ccccc1-c1ccccc1-c1cc(-n2c4ccccc4c4ccccc42)ccc1-3. The van der Waals surface area contributed by atoms with Gasteiger partial charge in [-0.3, -0.25) is 0 Å². The molecule has 1 aliphatic heterocycles. The molecule has 0 fully saturated rings. The first-order valence-corrected chi connectivity index (χ1v) is 18.5. The van der Waals surface area contributed by atoms with Gasteiger partial charge in [0.05, 0.1) is 22.4 Å². The van der Waals surface area contributed by atoms with Crippen molar-refractivity contribution in [3.05, 3.63) is 193 Å². The second-order valence-electron chi connectivity index (χ2n) is 14.9. The molecule has 53 heavy (non-hydrogen) atoms. The van der Waals surface area contributed by atoms with Crippen molar-refractivity contribution in [1.29, 1.82) is 0 Å². The Labute approximate surface area is 309 Å². The highest BCUT2D eigenvalue weighted by molar-refractivity contribution is 6.10. The lowest BCUT2D eigenvalue weighted by Gasteiger charge is -2.43. The van der Waals surface area contributed by atoms with Crippen LogP contribution in [0, 0.1) is 0 Å². The van der Waals surface area contributed by atoms with Crippen LogP contribution in [0.5, 0.6) is 0 Å². The van der Waals surface area contributed by atoms with E-state index in [0.717, 1.165) is 11.4 Å². The highest BCUT2D eigenvalue weighted by Gasteiger charge is 2.38. The van der Waals surface area contributed by atoms with Gasteiger partial charge in [-0.25, -0.2) is 0 Å². The molecule has 0 unspecified atom stereocenters. The predicted molar refractivity (Wildman–Crippen MR) is 223 cm³/mol. The third kappa shape index (κ3) is 4.27. The molecule has 11 rings (SSSR count). The minimum Gasteiger partial charge on any atom is -0.310 e. The lowest BCUT2D eigenvalue weighted by Crippen LogP contribution is -2.30. The summed E-state index contributed by atoms with van der Waals surface area (Å²) < 4.78 is 2.44. The normalized spacial score (nSPS) is 13.6. The number of aromatic nitrogens is 1. The van der Waals surface area contributed by atoms with Gasteiger partial charge in [0, 0.05) is 27.6 Å². The number of para-hydroxylation sites is 4. The van der Waals surface area contributed by atoms with E-state index in [2.05, 4.69) is 205 Å². The Bertz CT molecular complexity index is 2870. The Morgan fingerprint density at radius 2 is 0.830 bits per heavy atom. The summed E-state index contributed by atoms with van der Waals surface area (Å²) in [5.41, 5.74) is 19.6. The van der Waals surface area contributed by atoms with Gasteiger partial charge in [0.25, 0.3) is 0 Å². The molecule has 0 radical (unpaired) electrons. The standard InChI is InChI=1S/C51H36N2/c1-51(2)45-24-12-15-27-49(45)52(33-16-4-3-5-17-33)50-32-44-39-29-28-34(53-47-25-13-10-22-40(47)41-23-11-14-26-48(41)53)30-42(39)37-20-8-6-18-35(37)36-19-7-9-21-38(36)43(44)31-46(50)51/h3-32H,1-2H3. The smallest absolute Gasteiger partial charge is 0.0541 e. The lowest BCUT2D eigenvalue weighted by atomic mass is 9.71. The van der Waals surface area contributed by atoms with E-state index in [-0.39, 0.29) is 5.41 Å². The van der Waals surface area contributed by atoms with Gasteiger partial charge < -0.3 is 9.47 Å². The minimum absolute atomic E-state index is 0.218. The second kappa shape index (κ2) is 11.2. The second-order valence-corrected chi connectivity index (χ2v) is 14.9. The Morgan fingerprint density at radius 1 is 0.340 bits per heavy atom. The van der Waals surface area contributed by atoms with Gasteiger partial charge >= 0.3 is 0 Å². The maximum atomic E-state index is 2.51. The first-order valence-electron chi connectivity index (χ1n) is 18.5. The molecule has 2 heterocycles. The molecule has 1 aromatic heterocycles. The molecule has 2 aliphatic rings. The Balaban J connectivity index is 1.25. The molecule has 0 spiro atoms. The van der Waals surface area contributed by atoms with E-state index in [1.54, 1.807) is 0 Å². The summed E-state index contributed by atoms with van der Waals surface area (Å²) in [6, 6.07) is 67.4. The molecule has 2 heteroatoms. The third-order valence-corrected chi connectivity index (χ3v) is 11.7. The topological polar surface area (TPSA) is 8.17 Å². The van der Waals surface area contributed by atoms with Crippen LogP contribution in [-0.4, -0.2) is 4.57 Å². The van der Waals surface area contributed by atoms with Crippen LogP contribution in [0.1, 0.15) is 25.0 Å². The molecule has 0 bridgehead atoms. The van der Waals surface area contributed by atoms with Crippen LogP contribution in [0.25, 0.3) is 72.0 Å². The summed E-state index contributed by atoms with van der Waals surface area (Å²) in [7, 11) is 0. The quantitative estimate of drug-likeness (QED) is 0.177. The van der Waals surface area contributed by atoms with Gasteiger partial charge in [0.15, 0.2) is 0 Å². The Kier molecular flexibility index (Phi) is 6.33. The molecular weight excluding hydrogens is 641 g/mol. The molecular formula is C51H36N2. The van der Waals surface area contributed by atoms with Crippen molar-refractivity contribution < 1.29 is 0 Å². The van der Waals surface area contributed by atoms with Crippen LogP contribution in [0.15, 0.2) is 182 Å². The fourth-order valence-corrected chi connectivity index (χ4v) is 9.28. The number of fused-ring (bicyclic) bond motifs is 13. The van der Waals surface area contributed by atoms with Crippen molar-refractivity contribution in [2.75, 3.05) is 4.90 Å². The van der Waals surface area contributed by atoms with Crippen LogP contribution >= 0.6 is 0 Å². The molecule has 1 aliphatic carbocycles. The van der Waals surface area contributed by atoms with Crippen molar-refractivity contribution in [1.82, 2.24) is 4.57 Å². The van der Waals surface area contributed by atoms with Crippen LogP contribution in [0.3, 0.4) is 0 Å². The molecule has 9 aromatic rings. The van der Waals surface area contributed by atoms with Gasteiger partial charge in [0.2, 0.25) is 0 Å². The van der Waals surface area contributed by atoms with Crippen molar-refractivity contribution in [3.8, 4) is 50.2 Å². The summed E-state index contributed by atoms with van der Waals surface area (Å²) >= 11 is 0. The summed E-state index contributed by atoms with van der Waals surface area (Å²) in [5, 5.41) is 2.54. The lowest BCUT2D eigenvalue weighted by molar-refractivity contribution is 0.632. The number of anilines is 3. The van der Waals surface area contributed by atoms with Crippen molar-refractivity contribution in [2.45, 2.75) is 19.3 Å². The van der Waals surface area contributed by atoms with Gasteiger partial charge in [-0.2, -0.15) is 0 Å². The van der Waals surface area contributed by atoms with E-state index < -0.39 is 0 Å². The van der Waals surface area contributed by atoms with Gasteiger partial charge in [-0.1, -0.05) is 141 Å². The van der Waals surface area contributed by atoms with E-state index in [4.69, 9.17) is 0 Å². The number of nitrogens with zero attached hydrogens (tertiary/aromatic N) is 2. The number of benzene rings is 8. The van der Waals surface area contributed by atoms with Crippen molar-refractivity contribution in [3.63, 3.8) is 0 Å². The van der Waals surface area contributed by atoms with Crippen molar-refractivity contribution in [2.24, 2.45) is 0 Å². The van der Waals surface area contributed by atoms with E-state index in [9.17, 15) is 0 Å². The molecule has 0 atom stereocenters. The highest BCUT2D eigenvalue weighted by Crippen LogP contribution is 2.56. The first kappa shape index (κ1) is 30.0.